The van der Waals surface area contributed by atoms with E-state index in [0.29, 0.717) is 29.0 Å². The average Bonchev–Trinajstić information content (AvgIpc) is 2.70. The molecule has 0 spiro atoms. The summed E-state index contributed by atoms with van der Waals surface area (Å²) >= 11 is 0. The maximum atomic E-state index is 12.2. The highest BCUT2D eigenvalue weighted by Gasteiger charge is 2.26. The minimum atomic E-state index is -0.499. The number of ether oxygens (including phenoxy) is 1. The van der Waals surface area contributed by atoms with Crippen LogP contribution in [-0.2, 0) is 16.0 Å². The molecule has 2 amide bonds. The molecule has 3 rings (SSSR count). The van der Waals surface area contributed by atoms with Crippen LogP contribution in [0.1, 0.15) is 18.1 Å². The van der Waals surface area contributed by atoms with E-state index in [4.69, 9.17) is 4.74 Å². The first-order valence-corrected chi connectivity index (χ1v) is 8.61. The standard InChI is InChI=1S/C19H18N4O5/c1-2-14-8-7-13(9-16(14)23(26)27)10-20-21-18(24)11-22-15-5-3-4-6-17(15)28-12-19(22)25/h3-10H,2,11-12H2,1H3,(H,21,24)/b20-10-. The zero-order valence-corrected chi connectivity index (χ0v) is 15.1. The molecule has 0 aromatic heterocycles. The first-order valence-electron chi connectivity index (χ1n) is 8.61. The Labute approximate surface area is 160 Å². The Morgan fingerprint density at radius 3 is 2.89 bits per heavy atom. The number of para-hydroxylation sites is 2. The van der Waals surface area contributed by atoms with E-state index in [2.05, 4.69) is 10.5 Å². The smallest absolute Gasteiger partial charge is 0.273 e. The number of nitro groups is 1. The molecule has 1 aliphatic rings. The number of benzene rings is 2. The SMILES string of the molecule is CCc1ccc(/C=N\NC(=O)CN2C(=O)COc3ccccc32)cc1[N+](=O)[O-]. The van der Waals surface area contributed by atoms with Gasteiger partial charge in [0.2, 0.25) is 0 Å². The third-order valence-corrected chi connectivity index (χ3v) is 4.20. The Kier molecular flexibility index (Phi) is 5.64. The van der Waals surface area contributed by atoms with Crippen molar-refractivity contribution < 1.29 is 19.2 Å². The molecule has 0 atom stereocenters. The van der Waals surface area contributed by atoms with Crippen LogP contribution in [0.15, 0.2) is 47.6 Å². The molecule has 0 fully saturated rings. The van der Waals surface area contributed by atoms with Crippen molar-refractivity contribution in [2.45, 2.75) is 13.3 Å². The fraction of sp³-hybridized carbons (Fsp3) is 0.211. The highest BCUT2D eigenvalue weighted by molar-refractivity contribution is 6.02. The molecule has 1 N–H and O–H groups in total. The van der Waals surface area contributed by atoms with Gasteiger partial charge in [-0.15, -0.1) is 0 Å². The third kappa shape index (κ3) is 4.14. The molecule has 1 aliphatic heterocycles. The predicted octanol–water partition coefficient (Wildman–Crippen LogP) is 2.03. The van der Waals surface area contributed by atoms with E-state index >= 15 is 0 Å². The summed E-state index contributed by atoms with van der Waals surface area (Å²) < 4.78 is 5.33. The van der Waals surface area contributed by atoms with Gasteiger partial charge in [-0.05, 0) is 18.6 Å². The van der Waals surface area contributed by atoms with Crippen LogP contribution < -0.4 is 15.1 Å². The number of fused-ring (bicyclic) bond motifs is 1. The summed E-state index contributed by atoms with van der Waals surface area (Å²) in [6.45, 7) is 1.48. The summed E-state index contributed by atoms with van der Waals surface area (Å²) in [6.07, 6.45) is 1.86. The van der Waals surface area contributed by atoms with E-state index < -0.39 is 10.8 Å². The zero-order chi connectivity index (χ0) is 20.1. The molecule has 0 radical (unpaired) electrons. The fourth-order valence-electron chi connectivity index (χ4n) is 2.82. The van der Waals surface area contributed by atoms with Crippen LogP contribution in [0, 0.1) is 10.1 Å². The van der Waals surface area contributed by atoms with Gasteiger partial charge in [0.1, 0.15) is 12.3 Å². The van der Waals surface area contributed by atoms with Crippen LogP contribution in [0.25, 0.3) is 0 Å². The minimum Gasteiger partial charge on any atom is -0.482 e. The molecule has 0 unspecified atom stereocenters. The molecule has 0 bridgehead atoms. The first-order chi connectivity index (χ1) is 13.5. The second-order valence-electron chi connectivity index (χ2n) is 6.03. The van der Waals surface area contributed by atoms with Crippen molar-refractivity contribution in [1.82, 2.24) is 5.43 Å². The average molecular weight is 382 g/mol. The minimum absolute atomic E-state index is 0.00768. The summed E-state index contributed by atoms with van der Waals surface area (Å²) in [6, 6.07) is 11.7. The van der Waals surface area contributed by atoms with Crippen LogP contribution in [0.2, 0.25) is 0 Å². The molecule has 0 saturated heterocycles. The number of nitro benzene ring substituents is 1. The number of hydrogen-bond donors (Lipinski definition) is 1. The van der Waals surface area contributed by atoms with Crippen LogP contribution >= 0.6 is 0 Å². The Morgan fingerprint density at radius 2 is 2.14 bits per heavy atom. The van der Waals surface area contributed by atoms with Crippen LogP contribution in [0.4, 0.5) is 11.4 Å². The van der Waals surface area contributed by atoms with Gasteiger partial charge in [0, 0.05) is 17.2 Å². The number of carbonyl (C=O) groups excluding carboxylic acids is 2. The number of carbonyl (C=O) groups is 2. The molecular formula is C19H18N4O5. The van der Waals surface area contributed by atoms with Crippen LogP contribution in [0.3, 0.4) is 0 Å². The molecule has 0 saturated carbocycles. The molecule has 9 nitrogen and oxygen atoms in total. The van der Waals surface area contributed by atoms with Crippen molar-refractivity contribution in [2.24, 2.45) is 5.10 Å². The lowest BCUT2D eigenvalue weighted by atomic mass is 10.1. The molecule has 1 heterocycles. The maximum absolute atomic E-state index is 12.2. The van der Waals surface area contributed by atoms with Gasteiger partial charge in [0.05, 0.1) is 16.8 Å². The Morgan fingerprint density at radius 1 is 1.36 bits per heavy atom. The quantitative estimate of drug-likeness (QED) is 0.466. The molecule has 28 heavy (non-hydrogen) atoms. The molecule has 144 valence electrons. The number of anilines is 1. The van der Waals surface area contributed by atoms with Gasteiger partial charge in [0.15, 0.2) is 6.61 Å². The van der Waals surface area contributed by atoms with Gasteiger partial charge in [-0.2, -0.15) is 5.10 Å². The van der Waals surface area contributed by atoms with Crippen LogP contribution in [-0.4, -0.2) is 36.1 Å². The lowest BCUT2D eigenvalue weighted by Gasteiger charge is -2.28. The lowest BCUT2D eigenvalue weighted by Crippen LogP contribution is -2.44. The van der Waals surface area contributed by atoms with E-state index in [1.54, 1.807) is 36.4 Å². The summed E-state index contributed by atoms with van der Waals surface area (Å²) in [4.78, 5) is 36.2. The van der Waals surface area contributed by atoms with E-state index in [1.807, 2.05) is 6.92 Å². The van der Waals surface area contributed by atoms with Gasteiger partial charge in [-0.25, -0.2) is 5.43 Å². The molecule has 2 aromatic carbocycles. The van der Waals surface area contributed by atoms with Gasteiger partial charge in [-0.1, -0.05) is 31.2 Å². The van der Waals surface area contributed by atoms with Gasteiger partial charge < -0.3 is 4.74 Å². The van der Waals surface area contributed by atoms with Gasteiger partial charge in [0.25, 0.3) is 17.5 Å². The Hall–Kier alpha value is -3.75. The largest absolute Gasteiger partial charge is 0.482 e. The number of aryl methyl sites for hydroxylation is 1. The van der Waals surface area contributed by atoms with E-state index in [1.165, 1.54) is 17.2 Å². The summed E-state index contributed by atoms with van der Waals surface area (Å²) in [5, 5.41) is 14.9. The van der Waals surface area contributed by atoms with Crippen molar-refractivity contribution in [3.05, 3.63) is 63.7 Å². The second kappa shape index (κ2) is 8.30. The van der Waals surface area contributed by atoms with Gasteiger partial charge in [-0.3, -0.25) is 24.6 Å². The number of nitrogens with one attached hydrogen (secondary N) is 1. The molecule has 0 aliphatic carbocycles. The van der Waals surface area contributed by atoms with Gasteiger partial charge >= 0.3 is 0 Å². The third-order valence-electron chi connectivity index (χ3n) is 4.20. The summed E-state index contributed by atoms with van der Waals surface area (Å²) in [5.41, 5.74) is 3.96. The van der Waals surface area contributed by atoms with Crippen LogP contribution in [0.5, 0.6) is 5.75 Å². The van der Waals surface area contributed by atoms with E-state index in [0.717, 1.165) is 0 Å². The van der Waals surface area contributed by atoms with Crippen molar-refractivity contribution >= 4 is 29.4 Å². The molecule has 2 aromatic rings. The van der Waals surface area contributed by atoms with Crippen molar-refractivity contribution in [3.8, 4) is 5.75 Å². The normalized spacial score (nSPS) is 13.2. The van der Waals surface area contributed by atoms with Crippen molar-refractivity contribution in [1.29, 1.82) is 0 Å². The Bertz CT molecular complexity index is 957. The lowest BCUT2D eigenvalue weighted by molar-refractivity contribution is -0.385. The predicted molar refractivity (Wildman–Crippen MR) is 103 cm³/mol. The van der Waals surface area contributed by atoms with E-state index in [-0.39, 0.29) is 24.7 Å². The van der Waals surface area contributed by atoms with E-state index in [9.17, 15) is 19.7 Å². The molecular weight excluding hydrogens is 364 g/mol. The highest BCUT2D eigenvalue weighted by atomic mass is 16.6. The number of hydrazone groups is 1. The fourth-order valence-corrected chi connectivity index (χ4v) is 2.82. The number of rotatable bonds is 6. The summed E-state index contributed by atoms with van der Waals surface area (Å²) in [5.74, 6) is -0.300. The number of nitrogens with zero attached hydrogens (tertiary/aromatic N) is 3. The maximum Gasteiger partial charge on any atom is 0.273 e. The van der Waals surface area contributed by atoms with Crippen molar-refractivity contribution in [3.63, 3.8) is 0 Å². The highest BCUT2D eigenvalue weighted by Crippen LogP contribution is 2.31. The Balaban J connectivity index is 1.66. The number of amides is 2. The zero-order valence-electron chi connectivity index (χ0n) is 15.1. The first kappa shape index (κ1) is 19.0. The number of hydrogen-bond acceptors (Lipinski definition) is 6. The monoisotopic (exact) mass is 382 g/mol. The second-order valence-corrected chi connectivity index (χ2v) is 6.03. The topological polar surface area (TPSA) is 114 Å². The summed E-state index contributed by atoms with van der Waals surface area (Å²) in [7, 11) is 0. The van der Waals surface area contributed by atoms with Crippen molar-refractivity contribution in [2.75, 3.05) is 18.1 Å². The molecule has 9 heteroatoms.